The van der Waals surface area contributed by atoms with Crippen molar-refractivity contribution in [1.29, 1.82) is 0 Å². The van der Waals surface area contributed by atoms with E-state index in [9.17, 15) is 0 Å². The molecule has 0 radical (unpaired) electrons. The van der Waals surface area contributed by atoms with Gasteiger partial charge in [-0.05, 0) is 31.6 Å². The van der Waals surface area contributed by atoms with Crippen LogP contribution in [0.3, 0.4) is 0 Å². The first kappa shape index (κ1) is 7.34. The van der Waals surface area contributed by atoms with Crippen molar-refractivity contribution in [2.45, 2.75) is 50.4 Å². The highest BCUT2D eigenvalue weighted by molar-refractivity contribution is 4.92. The Bertz CT molecular complexity index is 177. The van der Waals surface area contributed by atoms with Crippen LogP contribution >= 0.6 is 0 Å². The maximum Gasteiger partial charge on any atom is 0.0866 e. The fourth-order valence-corrected chi connectivity index (χ4v) is 2.08. The van der Waals surface area contributed by atoms with E-state index in [2.05, 4.69) is 0 Å². The van der Waals surface area contributed by atoms with Crippen molar-refractivity contribution >= 4 is 0 Å². The van der Waals surface area contributed by atoms with Crippen molar-refractivity contribution in [2.75, 3.05) is 6.61 Å². The van der Waals surface area contributed by atoms with Gasteiger partial charge in [0, 0.05) is 13.0 Å². The summed E-state index contributed by atoms with van der Waals surface area (Å²) >= 11 is 0. The second kappa shape index (κ2) is 2.71. The summed E-state index contributed by atoms with van der Waals surface area (Å²) in [6.07, 6.45) is 8.14. The number of hydrogen-bond acceptors (Lipinski definition) is 2. The molecule has 2 saturated carbocycles. The normalized spacial score (nSPS) is 45.5. The lowest BCUT2D eigenvalue weighted by molar-refractivity contribution is 0.0267. The van der Waals surface area contributed by atoms with Crippen LogP contribution in [0.2, 0.25) is 0 Å². The van der Waals surface area contributed by atoms with Crippen molar-refractivity contribution in [3.05, 3.63) is 0 Å². The lowest BCUT2D eigenvalue weighted by Gasteiger charge is -2.19. The summed E-state index contributed by atoms with van der Waals surface area (Å²) in [5, 5.41) is 0. The van der Waals surface area contributed by atoms with Crippen LogP contribution in [0.15, 0.2) is 0 Å². The Morgan fingerprint density at radius 3 is 2.75 bits per heavy atom. The molecule has 12 heavy (non-hydrogen) atoms. The van der Waals surface area contributed by atoms with E-state index in [1.807, 2.05) is 0 Å². The van der Waals surface area contributed by atoms with Crippen LogP contribution in [-0.4, -0.2) is 24.9 Å². The van der Waals surface area contributed by atoms with Crippen molar-refractivity contribution in [3.8, 4) is 0 Å². The summed E-state index contributed by atoms with van der Waals surface area (Å²) in [6.45, 7) is 1.02. The molecule has 2 heteroatoms. The van der Waals surface area contributed by atoms with Gasteiger partial charge in [0.05, 0.1) is 18.3 Å². The standard InChI is InChI=1S/C10H16O2/c1-2-7(1)6-11-8-3-4-9-10(5-8)12-9/h7-10H,1-6H2. The molecule has 1 heterocycles. The van der Waals surface area contributed by atoms with E-state index in [0.29, 0.717) is 18.3 Å². The summed E-state index contributed by atoms with van der Waals surface area (Å²) in [6, 6.07) is 0. The van der Waals surface area contributed by atoms with Gasteiger partial charge in [-0.25, -0.2) is 0 Å². The van der Waals surface area contributed by atoms with Crippen LogP contribution in [0.5, 0.6) is 0 Å². The van der Waals surface area contributed by atoms with E-state index in [-0.39, 0.29) is 0 Å². The molecule has 3 aliphatic rings. The molecule has 1 aliphatic heterocycles. The van der Waals surface area contributed by atoms with Crippen LogP contribution < -0.4 is 0 Å². The minimum atomic E-state index is 0.523. The Morgan fingerprint density at radius 1 is 1.08 bits per heavy atom. The Labute approximate surface area is 73.2 Å². The zero-order valence-electron chi connectivity index (χ0n) is 7.37. The maximum absolute atomic E-state index is 5.82. The van der Waals surface area contributed by atoms with Gasteiger partial charge in [-0.3, -0.25) is 0 Å². The van der Waals surface area contributed by atoms with Crippen LogP contribution in [0.1, 0.15) is 32.1 Å². The average Bonchev–Trinajstić information content (AvgIpc) is 2.96. The third-order valence-electron chi connectivity index (χ3n) is 3.22. The van der Waals surface area contributed by atoms with E-state index in [4.69, 9.17) is 9.47 Å². The van der Waals surface area contributed by atoms with Gasteiger partial charge in [0.25, 0.3) is 0 Å². The maximum atomic E-state index is 5.82. The highest BCUT2D eigenvalue weighted by atomic mass is 16.6. The summed E-state index contributed by atoms with van der Waals surface area (Å²) in [7, 11) is 0. The lowest BCUT2D eigenvalue weighted by atomic mass is 9.98. The van der Waals surface area contributed by atoms with E-state index < -0.39 is 0 Å². The summed E-state index contributed by atoms with van der Waals surface area (Å²) in [4.78, 5) is 0. The molecular weight excluding hydrogens is 152 g/mol. The summed E-state index contributed by atoms with van der Waals surface area (Å²) in [5.74, 6) is 0.905. The Kier molecular flexibility index (Phi) is 1.66. The molecule has 3 atom stereocenters. The predicted molar refractivity (Wildman–Crippen MR) is 45.0 cm³/mol. The predicted octanol–water partition coefficient (Wildman–Crippen LogP) is 1.73. The molecule has 0 aromatic carbocycles. The van der Waals surface area contributed by atoms with Gasteiger partial charge in [-0.1, -0.05) is 0 Å². The molecule has 0 amide bonds. The number of rotatable bonds is 3. The van der Waals surface area contributed by atoms with Gasteiger partial charge in [-0.2, -0.15) is 0 Å². The summed E-state index contributed by atoms with van der Waals surface area (Å²) in [5.41, 5.74) is 0. The van der Waals surface area contributed by atoms with Crippen LogP contribution in [0.25, 0.3) is 0 Å². The second-order valence-corrected chi connectivity index (χ2v) is 4.42. The second-order valence-electron chi connectivity index (χ2n) is 4.42. The third kappa shape index (κ3) is 1.50. The molecule has 3 fully saturated rings. The van der Waals surface area contributed by atoms with Gasteiger partial charge < -0.3 is 9.47 Å². The molecule has 0 aromatic heterocycles. The van der Waals surface area contributed by atoms with Crippen molar-refractivity contribution in [1.82, 2.24) is 0 Å². The van der Waals surface area contributed by atoms with Gasteiger partial charge in [-0.15, -0.1) is 0 Å². The smallest absolute Gasteiger partial charge is 0.0866 e. The first-order chi connectivity index (χ1) is 5.92. The molecule has 3 rings (SSSR count). The molecule has 0 aromatic rings. The van der Waals surface area contributed by atoms with E-state index in [1.54, 1.807) is 0 Å². The number of hydrogen-bond donors (Lipinski definition) is 0. The first-order valence-electron chi connectivity index (χ1n) is 5.19. The first-order valence-corrected chi connectivity index (χ1v) is 5.19. The van der Waals surface area contributed by atoms with Crippen LogP contribution in [0, 0.1) is 5.92 Å². The molecule has 0 bridgehead atoms. The Morgan fingerprint density at radius 2 is 2.00 bits per heavy atom. The quantitative estimate of drug-likeness (QED) is 0.599. The topological polar surface area (TPSA) is 21.8 Å². The lowest BCUT2D eigenvalue weighted by Crippen LogP contribution is -2.22. The largest absolute Gasteiger partial charge is 0.378 e. The SMILES string of the molecule is C1CC1COC1CCC2OC2C1. The average molecular weight is 168 g/mol. The zero-order chi connectivity index (χ0) is 7.97. The monoisotopic (exact) mass is 168 g/mol. The van der Waals surface area contributed by atoms with Crippen LogP contribution in [-0.2, 0) is 9.47 Å². The number of ether oxygens (including phenoxy) is 2. The molecule has 2 aliphatic carbocycles. The molecule has 3 unspecified atom stereocenters. The molecular formula is C10H16O2. The number of fused-ring (bicyclic) bond motifs is 1. The zero-order valence-corrected chi connectivity index (χ0v) is 7.37. The minimum Gasteiger partial charge on any atom is -0.378 e. The van der Waals surface area contributed by atoms with Gasteiger partial charge in [0.2, 0.25) is 0 Å². The van der Waals surface area contributed by atoms with Crippen molar-refractivity contribution in [2.24, 2.45) is 5.92 Å². The molecule has 0 N–H and O–H groups in total. The van der Waals surface area contributed by atoms with E-state index >= 15 is 0 Å². The molecule has 0 spiro atoms. The Balaban J connectivity index is 1.42. The fraction of sp³-hybridized carbons (Fsp3) is 1.00. The number of epoxide rings is 1. The highest BCUT2D eigenvalue weighted by Gasteiger charge is 2.44. The Hall–Kier alpha value is -0.0800. The van der Waals surface area contributed by atoms with Gasteiger partial charge >= 0.3 is 0 Å². The molecule has 68 valence electrons. The minimum absolute atomic E-state index is 0.523. The van der Waals surface area contributed by atoms with Gasteiger partial charge in [0.1, 0.15) is 0 Å². The van der Waals surface area contributed by atoms with Gasteiger partial charge in [0.15, 0.2) is 0 Å². The molecule has 2 nitrogen and oxygen atoms in total. The van der Waals surface area contributed by atoms with Crippen LogP contribution in [0.4, 0.5) is 0 Å². The molecule has 1 saturated heterocycles. The van der Waals surface area contributed by atoms with E-state index in [0.717, 1.165) is 18.9 Å². The fourth-order valence-electron chi connectivity index (χ4n) is 2.08. The van der Waals surface area contributed by atoms with Crippen molar-refractivity contribution in [3.63, 3.8) is 0 Å². The van der Waals surface area contributed by atoms with E-state index in [1.165, 1.54) is 25.7 Å². The highest BCUT2D eigenvalue weighted by Crippen LogP contribution is 2.38. The van der Waals surface area contributed by atoms with Crippen molar-refractivity contribution < 1.29 is 9.47 Å². The summed E-state index contributed by atoms with van der Waals surface area (Å²) < 4.78 is 11.3. The third-order valence-corrected chi connectivity index (χ3v) is 3.22.